The number of hydrogen-bond donors (Lipinski definition) is 2. The lowest BCUT2D eigenvalue weighted by Gasteiger charge is -2.29. The van der Waals surface area contributed by atoms with Gasteiger partial charge in [0, 0.05) is 36.4 Å². The van der Waals surface area contributed by atoms with Crippen molar-refractivity contribution < 1.29 is 5.11 Å². The van der Waals surface area contributed by atoms with Gasteiger partial charge in [-0.15, -0.1) is 0 Å². The minimum Gasteiger partial charge on any atom is -0.508 e. The lowest BCUT2D eigenvalue weighted by atomic mass is 10.0. The summed E-state index contributed by atoms with van der Waals surface area (Å²) in [6.45, 7) is 9.44. The molecule has 2 N–H and O–H groups in total. The van der Waals surface area contributed by atoms with Crippen molar-refractivity contribution in [1.82, 2.24) is 5.32 Å². The van der Waals surface area contributed by atoms with Crippen LogP contribution in [0.25, 0.3) is 0 Å². The molecule has 108 valence electrons. The molecule has 0 aliphatic carbocycles. The first-order chi connectivity index (χ1) is 9.04. The van der Waals surface area contributed by atoms with Gasteiger partial charge in [0.05, 0.1) is 0 Å². The Kier molecular flexibility index (Phi) is 6.16. The number of anilines is 1. The molecule has 1 aromatic carbocycles. The van der Waals surface area contributed by atoms with Gasteiger partial charge in [-0.1, -0.05) is 26.8 Å². The minimum atomic E-state index is 0.178. The molecule has 3 nitrogen and oxygen atoms in total. The van der Waals surface area contributed by atoms with Crippen LogP contribution in [0.2, 0.25) is 0 Å². The van der Waals surface area contributed by atoms with Crippen LogP contribution in [0.3, 0.4) is 0 Å². The Labute approximate surface area is 117 Å². The van der Waals surface area contributed by atoms with Crippen molar-refractivity contribution in [2.75, 3.05) is 18.5 Å². The molecule has 0 saturated heterocycles. The number of rotatable bonds is 7. The normalized spacial score (nSPS) is 12.7. The van der Waals surface area contributed by atoms with Crippen molar-refractivity contribution in [1.29, 1.82) is 0 Å². The number of hydrogen-bond acceptors (Lipinski definition) is 3. The fraction of sp³-hybridized carbons (Fsp3) is 0.625. The second-order valence-corrected chi connectivity index (χ2v) is 5.10. The van der Waals surface area contributed by atoms with Crippen molar-refractivity contribution in [3.05, 3.63) is 23.8 Å². The third-order valence-corrected chi connectivity index (χ3v) is 3.89. The van der Waals surface area contributed by atoms with E-state index in [1.807, 2.05) is 12.1 Å². The van der Waals surface area contributed by atoms with E-state index >= 15 is 0 Å². The van der Waals surface area contributed by atoms with Crippen LogP contribution in [-0.2, 0) is 0 Å². The Bertz CT molecular complexity index is 388. The molecule has 0 aliphatic rings. The molecule has 0 bridgehead atoms. The van der Waals surface area contributed by atoms with E-state index in [4.69, 9.17) is 0 Å². The van der Waals surface area contributed by atoms with Crippen molar-refractivity contribution >= 4 is 5.69 Å². The van der Waals surface area contributed by atoms with Crippen LogP contribution in [0.1, 0.15) is 52.1 Å². The van der Waals surface area contributed by atoms with Gasteiger partial charge >= 0.3 is 0 Å². The van der Waals surface area contributed by atoms with Crippen molar-refractivity contribution in [3.8, 4) is 5.75 Å². The van der Waals surface area contributed by atoms with Gasteiger partial charge in [0.25, 0.3) is 0 Å². The second kappa shape index (κ2) is 7.39. The smallest absolute Gasteiger partial charge is 0.122 e. The summed E-state index contributed by atoms with van der Waals surface area (Å²) < 4.78 is 0. The van der Waals surface area contributed by atoms with Crippen LogP contribution >= 0.6 is 0 Å². The standard InChI is InChI=1S/C16H28N2O/c1-6-13(7-2)18(5)14-9-10-15(16(19)11-14)12(4)17-8-3/h9-13,17,19H,6-8H2,1-5H3. The van der Waals surface area contributed by atoms with E-state index in [-0.39, 0.29) is 6.04 Å². The molecule has 0 aliphatic heterocycles. The van der Waals surface area contributed by atoms with Gasteiger partial charge in [-0.25, -0.2) is 0 Å². The first-order valence-corrected chi connectivity index (χ1v) is 7.34. The monoisotopic (exact) mass is 264 g/mol. The largest absolute Gasteiger partial charge is 0.508 e. The molecule has 0 radical (unpaired) electrons. The Morgan fingerprint density at radius 1 is 1.21 bits per heavy atom. The molecule has 0 heterocycles. The zero-order valence-corrected chi connectivity index (χ0v) is 12.9. The molecule has 3 heteroatoms. The van der Waals surface area contributed by atoms with E-state index in [0.717, 1.165) is 30.6 Å². The summed E-state index contributed by atoms with van der Waals surface area (Å²) in [5, 5.41) is 13.5. The lowest BCUT2D eigenvalue weighted by molar-refractivity contribution is 0.454. The molecule has 1 aromatic rings. The Balaban J connectivity index is 2.92. The van der Waals surface area contributed by atoms with Crippen molar-refractivity contribution in [2.24, 2.45) is 0 Å². The highest BCUT2D eigenvalue weighted by atomic mass is 16.3. The average molecular weight is 264 g/mol. The van der Waals surface area contributed by atoms with Crippen LogP contribution in [0.5, 0.6) is 5.75 Å². The maximum Gasteiger partial charge on any atom is 0.122 e. The summed E-state index contributed by atoms with van der Waals surface area (Å²) in [6, 6.07) is 6.70. The third-order valence-electron chi connectivity index (χ3n) is 3.89. The Morgan fingerprint density at radius 3 is 2.32 bits per heavy atom. The highest BCUT2D eigenvalue weighted by Gasteiger charge is 2.14. The highest BCUT2D eigenvalue weighted by Crippen LogP contribution is 2.30. The van der Waals surface area contributed by atoms with E-state index in [2.05, 4.69) is 51.0 Å². The average Bonchev–Trinajstić information content (AvgIpc) is 2.40. The molecule has 1 unspecified atom stereocenters. The molecule has 1 atom stereocenters. The molecular formula is C16H28N2O. The van der Waals surface area contributed by atoms with Crippen LogP contribution in [0, 0.1) is 0 Å². The number of phenolic OH excluding ortho intramolecular Hbond substituents is 1. The minimum absolute atomic E-state index is 0.178. The lowest BCUT2D eigenvalue weighted by Crippen LogP contribution is -2.30. The molecule has 0 aromatic heterocycles. The summed E-state index contributed by atoms with van der Waals surface area (Å²) in [5.74, 6) is 0.378. The quantitative estimate of drug-likeness (QED) is 0.788. The van der Waals surface area contributed by atoms with Crippen LogP contribution in [0.15, 0.2) is 18.2 Å². The van der Waals surface area contributed by atoms with E-state index < -0.39 is 0 Å². The molecular weight excluding hydrogens is 236 g/mol. The maximum atomic E-state index is 10.2. The van der Waals surface area contributed by atoms with Gasteiger partial charge in [0.15, 0.2) is 0 Å². The molecule has 19 heavy (non-hydrogen) atoms. The van der Waals surface area contributed by atoms with Crippen molar-refractivity contribution in [2.45, 2.75) is 52.6 Å². The second-order valence-electron chi connectivity index (χ2n) is 5.10. The van der Waals surface area contributed by atoms with Gasteiger partial charge in [0.2, 0.25) is 0 Å². The fourth-order valence-corrected chi connectivity index (χ4v) is 2.58. The maximum absolute atomic E-state index is 10.2. The summed E-state index contributed by atoms with van der Waals surface area (Å²) in [4.78, 5) is 2.25. The number of benzene rings is 1. The highest BCUT2D eigenvalue weighted by molar-refractivity contribution is 5.54. The Hall–Kier alpha value is -1.22. The van der Waals surface area contributed by atoms with Crippen molar-refractivity contribution in [3.63, 3.8) is 0 Å². The van der Waals surface area contributed by atoms with Gasteiger partial charge in [0.1, 0.15) is 5.75 Å². The number of nitrogens with one attached hydrogen (secondary N) is 1. The van der Waals surface area contributed by atoms with E-state index in [9.17, 15) is 5.11 Å². The summed E-state index contributed by atoms with van der Waals surface area (Å²) in [6.07, 6.45) is 2.23. The fourth-order valence-electron chi connectivity index (χ4n) is 2.58. The SMILES string of the molecule is CCNC(C)c1ccc(N(C)C(CC)CC)cc1O. The first kappa shape index (κ1) is 15.8. The van der Waals surface area contributed by atoms with Gasteiger partial charge in [-0.3, -0.25) is 0 Å². The Morgan fingerprint density at radius 2 is 1.84 bits per heavy atom. The van der Waals surface area contributed by atoms with Crippen LogP contribution in [-0.4, -0.2) is 24.7 Å². The number of nitrogens with zero attached hydrogens (tertiary/aromatic N) is 1. The summed E-state index contributed by atoms with van der Waals surface area (Å²) >= 11 is 0. The predicted molar refractivity (Wildman–Crippen MR) is 83.0 cm³/mol. The van der Waals surface area contributed by atoms with Gasteiger partial charge in [-0.2, -0.15) is 0 Å². The zero-order valence-electron chi connectivity index (χ0n) is 12.9. The number of phenols is 1. The molecule has 0 spiro atoms. The van der Waals surface area contributed by atoms with E-state index in [1.165, 1.54) is 0 Å². The van der Waals surface area contributed by atoms with Crippen LogP contribution < -0.4 is 10.2 Å². The molecule has 0 saturated carbocycles. The molecule has 1 rings (SSSR count). The summed E-state index contributed by atoms with van der Waals surface area (Å²) in [7, 11) is 2.10. The number of aromatic hydroxyl groups is 1. The third kappa shape index (κ3) is 3.87. The van der Waals surface area contributed by atoms with Gasteiger partial charge < -0.3 is 15.3 Å². The molecule has 0 amide bonds. The topological polar surface area (TPSA) is 35.5 Å². The first-order valence-electron chi connectivity index (χ1n) is 7.34. The predicted octanol–water partition coefficient (Wildman–Crippen LogP) is 3.69. The van der Waals surface area contributed by atoms with E-state index in [1.54, 1.807) is 0 Å². The summed E-state index contributed by atoms with van der Waals surface area (Å²) in [5.41, 5.74) is 2.04. The zero-order chi connectivity index (χ0) is 14.4. The van der Waals surface area contributed by atoms with Gasteiger partial charge in [-0.05, 0) is 32.4 Å². The molecule has 0 fully saturated rings. The van der Waals surface area contributed by atoms with Crippen LogP contribution in [0.4, 0.5) is 5.69 Å². The van der Waals surface area contributed by atoms with E-state index in [0.29, 0.717) is 11.8 Å².